The Labute approximate surface area is 137 Å². The van der Waals surface area contributed by atoms with Crippen LogP contribution >= 0.6 is 0 Å². The summed E-state index contributed by atoms with van der Waals surface area (Å²) in [5.41, 5.74) is 1.09. The van der Waals surface area contributed by atoms with Crippen LogP contribution in [0.2, 0.25) is 0 Å². The third-order valence-corrected chi connectivity index (χ3v) is 5.05. The second-order valence-corrected chi connectivity index (χ2v) is 7.46. The third-order valence-electron chi connectivity index (χ3n) is 5.05. The van der Waals surface area contributed by atoms with E-state index in [1.807, 2.05) is 42.3 Å². The number of benzene rings is 1. The van der Waals surface area contributed by atoms with E-state index in [1.165, 1.54) is 0 Å². The maximum absolute atomic E-state index is 12.8. The molecule has 1 amide bonds. The summed E-state index contributed by atoms with van der Waals surface area (Å²) in [4.78, 5) is 17.9. The second kappa shape index (κ2) is 6.00. The van der Waals surface area contributed by atoms with Crippen molar-refractivity contribution in [2.24, 2.45) is 11.8 Å². The lowest BCUT2D eigenvalue weighted by Crippen LogP contribution is -2.52. The van der Waals surface area contributed by atoms with Crippen LogP contribution in [0.15, 0.2) is 30.5 Å². The van der Waals surface area contributed by atoms with Gasteiger partial charge in [-0.25, -0.2) is 0 Å². The van der Waals surface area contributed by atoms with Crippen LogP contribution in [0.3, 0.4) is 0 Å². The normalized spacial score (nSPS) is 25.3. The molecule has 1 aromatic carbocycles. The van der Waals surface area contributed by atoms with Gasteiger partial charge in [-0.15, -0.1) is 0 Å². The summed E-state index contributed by atoms with van der Waals surface area (Å²) in [5.74, 6) is 0.714. The van der Waals surface area contributed by atoms with Crippen molar-refractivity contribution in [2.75, 3.05) is 13.1 Å². The minimum absolute atomic E-state index is 0.0670. The molecular weight excluding hydrogens is 288 g/mol. The number of aliphatic hydroxyl groups is 1. The maximum atomic E-state index is 12.8. The van der Waals surface area contributed by atoms with E-state index in [1.54, 1.807) is 0 Å². The number of aromatic nitrogens is 1. The second-order valence-electron chi connectivity index (χ2n) is 7.46. The van der Waals surface area contributed by atoms with Crippen molar-refractivity contribution in [3.05, 3.63) is 36.0 Å². The Morgan fingerprint density at radius 3 is 2.96 bits per heavy atom. The molecule has 2 aromatic rings. The topological polar surface area (TPSA) is 56.3 Å². The first-order chi connectivity index (χ1) is 10.9. The van der Waals surface area contributed by atoms with Crippen LogP contribution in [0.5, 0.6) is 0 Å². The number of fused-ring (bicyclic) bond motifs is 1. The number of rotatable bonds is 3. The molecule has 1 aromatic heterocycles. The van der Waals surface area contributed by atoms with E-state index < -0.39 is 5.60 Å². The van der Waals surface area contributed by atoms with Gasteiger partial charge in [-0.2, -0.15) is 0 Å². The number of likely N-dealkylation sites (tertiary alicyclic amines) is 1. The van der Waals surface area contributed by atoms with E-state index in [4.69, 9.17) is 0 Å². The average molecular weight is 314 g/mol. The van der Waals surface area contributed by atoms with Crippen molar-refractivity contribution in [3.63, 3.8) is 0 Å². The maximum Gasteiger partial charge on any atom is 0.253 e. The smallest absolute Gasteiger partial charge is 0.253 e. The van der Waals surface area contributed by atoms with E-state index in [9.17, 15) is 9.90 Å². The van der Waals surface area contributed by atoms with Gasteiger partial charge < -0.3 is 15.0 Å². The zero-order valence-corrected chi connectivity index (χ0v) is 14.2. The van der Waals surface area contributed by atoms with Crippen molar-refractivity contribution >= 4 is 16.8 Å². The summed E-state index contributed by atoms with van der Waals surface area (Å²) in [6.07, 6.45) is 3.46. The number of hydrogen-bond acceptors (Lipinski definition) is 2. The predicted molar refractivity (Wildman–Crippen MR) is 92.4 cm³/mol. The van der Waals surface area contributed by atoms with Gasteiger partial charge in [-0.05, 0) is 49.9 Å². The highest BCUT2D eigenvalue weighted by Gasteiger charge is 2.39. The number of piperidine rings is 1. The lowest BCUT2D eigenvalue weighted by atomic mass is 9.78. The molecule has 2 heterocycles. The molecule has 0 radical (unpaired) electrons. The van der Waals surface area contributed by atoms with Crippen molar-refractivity contribution in [3.8, 4) is 0 Å². The van der Waals surface area contributed by atoms with Crippen molar-refractivity contribution in [1.82, 2.24) is 9.88 Å². The number of nitrogens with one attached hydrogen (secondary N) is 1. The molecule has 124 valence electrons. The molecule has 0 aliphatic carbocycles. The lowest BCUT2D eigenvalue weighted by molar-refractivity contribution is -0.0577. The van der Waals surface area contributed by atoms with Gasteiger partial charge in [0.2, 0.25) is 0 Å². The van der Waals surface area contributed by atoms with Crippen LogP contribution < -0.4 is 0 Å². The van der Waals surface area contributed by atoms with Gasteiger partial charge in [0.1, 0.15) is 0 Å². The van der Waals surface area contributed by atoms with Gasteiger partial charge >= 0.3 is 0 Å². The molecule has 1 fully saturated rings. The first kappa shape index (κ1) is 16.1. The standard InChI is InChI=1S/C19H26N2O2/c1-13(2)10-16-12-21(9-7-19(16,3)23)18(22)15-4-5-17-14(11-15)6-8-20-17/h4-6,8,11,13,16,20,23H,7,9-10,12H2,1-3H3/t16-,19+/m1/s1. The lowest BCUT2D eigenvalue weighted by Gasteiger charge is -2.43. The average Bonchev–Trinajstić information content (AvgIpc) is 2.95. The van der Waals surface area contributed by atoms with Gasteiger partial charge in [0.25, 0.3) is 5.91 Å². The molecule has 3 rings (SSSR count). The number of aromatic amines is 1. The van der Waals surface area contributed by atoms with Crippen LogP contribution in [0.4, 0.5) is 0 Å². The van der Waals surface area contributed by atoms with Gasteiger partial charge in [0, 0.05) is 41.7 Å². The van der Waals surface area contributed by atoms with Crippen LogP contribution in [-0.2, 0) is 0 Å². The van der Waals surface area contributed by atoms with Crippen LogP contribution in [0.1, 0.15) is 44.0 Å². The van der Waals surface area contributed by atoms with E-state index in [0.717, 1.165) is 22.9 Å². The molecule has 1 aliphatic rings. The summed E-state index contributed by atoms with van der Waals surface area (Å²) in [6, 6.07) is 7.76. The quantitative estimate of drug-likeness (QED) is 0.912. The minimum Gasteiger partial charge on any atom is -0.390 e. The van der Waals surface area contributed by atoms with E-state index in [2.05, 4.69) is 18.8 Å². The Kier molecular flexibility index (Phi) is 4.19. The van der Waals surface area contributed by atoms with E-state index in [-0.39, 0.29) is 11.8 Å². The number of carbonyl (C=O) groups is 1. The van der Waals surface area contributed by atoms with Crippen LogP contribution in [0.25, 0.3) is 10.9 Å². The summed E-state index contributed by atoms with van der Waals surface area (Å²) < 4.78 is 0. The van der Waals surface area contributed by atoms with E-state index in [0.29, 0.717) is 25.4 Å². The Hall–Kier alpha value is -1.81. The first-order valence-electron chi connectivity index (χ1n) is 8.45. The van der Waals surface area contributed by atoms with Crippen molar-refractivity contribution in [2.45, 2.75) is 39.2 Å². The monoisotopic (exact) mass is 314 g/mol. The SMILES string of the molecule is CC(C)C[C@@H]1CN(C(=O)c2ccc3[nH]ccc3c2)CC[C@]1(C)O. The predicted octanol–water partition coefficient (Wildman–Crippen LogP) is 3.43. The van der Waals surface area contributed by atoms with Gasteiger partial charge in [0.15, 0.2) is 0 Å². The number of amides is 1. The highest BCUT2D eigenvalue weighted by atomic mass is 16.3. The molecule has 23 heavy (non-hydrogen) atoms. The summed E-state index contributed by atoms with van der Waals surface area (Å²) in [5, 5.41) is 11.7. The summed E-state index contributed by atoms with van der Waals surface area (Å²) in [7, 11) is 0. The largest absolute Gasteiger partial charge is 0.390 e. The molecule has 0 spiro atoms. The fourth-order valence-electron chi connectivity index (χ4n) is 3.57. The zero-order valence-electron chi connectivity index (χ0n) is 14.2. The molecule has 0 saturated carbocycles. The molecule has 2 N–H and O–H groups in total. The minimum atomic E-state index is -0.675. The van der Waals surface area contributed by atoms with Crippen molar-refractivity contribution < 1.29 is 9.90 Å². The Balaban J connectivity index is 1.79. The molecule has 1 saturated heterocycles. The van der Waals surface area contributed by atoms with Crippen LogP contribution in [-0.4, -0.2) is 39.6 Å². The summed E-state index contributed by atoms with van der Waals surface area (Å²) >= 11 is 0. The fourth-order valence-corrected chi connectivity index (χ4v) is 3.57. The number of H-pyrrole nitrogens is 1. The van der Waals surface area contributed by atoms with Crippen LogP contribution in [0, 0.1) is 11.8 Å². The molecular formula is C19H26N2O2. The Morgan fingerprint density at radius 1 is 1.43 bits per heavy atom. The fraction of sp³-hybridized carbons (Fsp3) is 0.526. The van der Waals surface area contributed by atoms with Crippen molar-refractivity contribution in [1.29, 1.82) is 0 Å². The van der Waals surface area contributed by atoms with Gasteiger partial charge in [0.05, 0.1) is 5.60 Å². The molecule has 1 aliphatic heterocycles. The van der Waals surface area contributed by atoms with Gasteiger partial charge in [-0.1, -0.05) is 13.8 Å². The molecule has 2 atom stereocenters. The third kappa shape index (κ3) is 3.27. The zero-order chi connectivity index (χ0) is 16.6. The Bertz CT molecular complexity index is 702. The molecule has 0 bridgehead atoms. The highest BCUT2D eigenvalue weighted by Crippen LogP contribution is 2.33. The highest BCUT2D eigenvalue weighted by molar-refractivity contribution is 5.98. The molecule has 4 nitrogen and oxygen atoms in total. The summed E-state index contributed by atoms with van der Waals surface area (Å²) in [6.45, 7) is 7.49. The van der Waals surface area contributed by atoms with Gasteiger partial charge in [-0.3, -0.25) is 4.79 Å². The first-order valence-corrected chi connectivity index (χ1v) is 8.45. The number of carbonyl (C=O) groups excluding carboxylic acids is 1. The Morgan fingerprint density at radius 2 is 2.22 bits per heavy atom. The number of nitrogens with zero attached hydrogens (tertiary/aromatic N) is 1. The van der Waals surface area contributed by atoms with E-state index >= 15 is 0 Å². The molecule has 0 unspecified atom stereocenters. The molecule has 4 heteroatoms. The number of hydrogen-bond donors (Lipinski definition) is 2.